The van der Waals surface area contributed by atoms with E-state index in [0.717, 1.165) is 12.0 Å². The summed E-state index contributed by atoms with van der Waals surface area (Å²) in [7, 11) is 0. The minimum atomic E-state index is 0.867. The summed E-state index contributed by atoms with van der Waals surface area (Å²) < 4.78 is 0. The van der Waals surface area contributed by atoms with Gasteiger partial charge in [-0.1, -0.05) is 37.3 Å². The van der Waals surface area contributed by atoms with Gasteiger partial charge in [-0.2, -0.15) is 0 Å². The Morgan fingerprint density at radius 1 is 1.06 bits per heavy atom. The van der Waals surface area contributed by atoms with E-state index in [-0.39, 0.29) is 0 Å². The van der Waals surface area contributed by atoms with Gasteiger partial charge < -0.3 is 5.32 Å². The van der Waals surface area contributed by atoms with Crippen molar-refractivity contribution in [2.45, 2.75) is 70.8 Å². The summed E-state index contributed by atoms with van der Waals surface area (Å²) in [4.78, 5) is 0. The van der Waals surface area contributed by atoms with Crippen molar-refractivity contribution in [2.24, 2.45) is 5.92 Å². The van der Waals surface area contributed by atoms with E-state index in [1.807, 2.05) is 0 Å². The molecular weight excluding hydrogens is 194 g/mol. The highest BCUT2D eigenvalue weighted by atomic mass is 14.9. The molecule has 0 saturated heterocycles. The molecule has 0 unspecified atom stereocenters. The fourth-order valence-corrected chi connectivity index (χ4v) is 2.78. The van der Waals surface area contributed by atoms with Crippen molar-refractivity contribution in [2.75, 3.05) is 6.54 Å². The van der Waals surface area contributed by atoms with Crippen molar-refractivity contribution in [1.82, 2.24) is 5.32 Å². The predicted molar refractivity (Wildman–Crippen MR) is 70.6 cm³/mol. The van der Waals surface area contributed by atoms with Crippen LogP contribution < -0.4 is 5.32 Å². The van der Waals surface area contributed by atoms with E-state index in [0.29, 0.717) is 0 Å². The molecule has 2 saturated carbocycles. The zero-order valence-electron chi connectivity index (χ0n) is 10.8. The molecule has 2 aliphatic carbocycles. The van der Waals surface area contributed by atoms with Gasteiger partial charge in [0.05, 0.1) is 0 Å². The fourth-order valence-electron chi connectivity index (χ4n) is 2.78. The average molecular weight is 221 g/mol. The Labute approximate surface area is 101 Å². The third kappa shape index (κ3) is 4.29. The Morgan fingerprint density at radius 2 is 1.75 bits per heavy atom. The molecule has 1 N–H and O–H groups in total. The first-order valence-corrected chi connectivity index (χ1v) is 7.26. The van der Waals surface area contributed by atoms with Gasteiger partial charge >= 0.3 is 0 Å². The molecule has 0 radical (unpaired) electrons. The third-order valence-electron chi connectivity index (χ3n) is 4.12. The van der Waals surface area contributed by atoms with Crippen LogP contribution in [0.15, 0.2) is 11.6 Å². The summed E-state index contributed by atoms with van der Waals surface area (Å²) in [6, 6.07) is 0.867. The summed E-state index contributed by atoms with van der Waals surface area (Å²) in [6.07, 6.45) is 15.3. The van der Waals surface area contributed by atoms with Crippen LogP contribution in [-0.4, -0.2) is 12.6 Å². The summed E-state index contributed by atoms with van der Waals surface area (Å²) >= 11 is 0. The van der Waals surface area contributed by atoms with Crippen LogP contribution in [0.1, 0.15) is 64.7 Å². The molecule has 1 nitrogen and oxygen atoms in total. The van der Waals surface area contributed by atoms with Gasteiger partial charge in [-0.05, 0) is 51.5 Å². The summed E-state index contributed by atoms with van der Waals surface area (Å²) in [6.45, 7) is 3.54. The molecule has 0 heterocycles. The number of rotatable bonds is 5. The van der Waals surface area contributed by atoms with E-state index in [2.05, 4.69) is 18.3 Å². The van der Waals surface area contributed by atoms with Crippen LogP contribution in [0.4, 0.5) is 0 Å². The van der Waals surface area contributed by atoms with Gasteiger partial charge in [0.25, 0.3) is 0 Å². The average Bonchev–Trinajstić information content (AvgIpc) is 3.10. The monoisotopic (exact) mass is 221 g/mol. The maximum Gasteiger partial charge on any atom is 0.00683 e. The highest BCUT2D eigenvalue weighted by molar-refractivity contribution is 5.04. The second-order valence-corrected chi connectivity index (χ2v) is 5.65. The fraction of sp³-hybridized carbons (Fsp3) is 0.867. The van der Waals surface area contributed by atoms with E-state index in [1.165, 1.54) is 64.3 Å². The largest absolute Gasteiger partial charge is 0.314 e. The third-order valence-corrected chi connectivity index (χ3v) is 4.12. The van der Waals surface area contributed by atoms with Crippen molar-refractivity contribution < 1.29 is 0 Å². The molecule has 0 aromatic rings. The SMILES string of the molecule is CC(=CCCNC1CC1)C1CCCCCC1. The van der Waals surface area contributed by atoms with Crippen molar-refractivity contribution in [3.05, 3.63) is 11.6 Å². The van der Waals surface area contributed by atoms with Crippen LogP contribution in [0.2, 0.25) is 0 Å². The second-order valence-electron chi connectivity index (χ2n) is 5.65. The Balaban J connectivity index is 1.66. The van der Waals surface area contributed by atoms with Crippen LogP contribution >= 0.6 is 0 Å². The van der Waals surface area contributed by atoms with Gasteiger partial charge in [-0.25, -0.2) is 0 Å². The highest BCUT2D eigenvalue weighted by Gasteiger charge is 2.19. The summed E-state index contributed by atoms with van der Waals surface area (Å²) in [5.74, 6) is 0.906. The molecule has 1 heteroatoms. The Kier molecular flexibility index (Phi) is 4.90. The van der Waals surface area contributed by atoms with Crippen molar-refractivity contribution in [3.63, 3.8) is 0 Å². The molecule has 0 aromatic heterocycles. The van der Waals surface area contributed by atoms with E-state index in [4.69, 9.17) is 0 Å². The van der Waals surface area contributed by atoms with Gasteiger partial charge in [0.1, 0.15) is 0 Å². The van der Waals surface area contributed by atoms with Gasteiger partial charge in [0.2, 0.25) is 0 Å². The zero-order valence-corrected chi connectivity index (χ0v) is 10.8. The molecule has 0 amide bonds. The van der Waals surface area contributed by atoms with Gasteiger partial charge in [-0.3, -0.25) is 0 Å². The van der Waals surface area contributed by atoms with E-state index in [1.54, 1.807) is 5.57 Å². The van der Waals surface area contributed by atoms with Crippen molar-refractivity contribution in [1.29, 1.82) is 0 Å². The smallest absolute Gasteiger partial charge is 0.00683 e. The molecule has 2 rings (SSSR count). The van der Waals surface area contributed by atoms with E-state index in [9.17, 15) is 0 Å². The topological polar surface area (TPSA) is 12.0 Å². The van der Waals surface area contributed by atoms with Crippen LogP contribution in [0.3, 0.4) is 0 Å². The predicted octanol–water partition coefficient (Wildman–Crippen LogP) is 4.05. The second kappa shape index (κ2) is 6.44. The minimum absolute atomic E-state index is 0.867. The lowest BCUT2D eigenvalue weighted by Crippen LogP contribution is -2.16. The first-order valence-electron chi connectivity index (χ1n) is 7.26. The normalized spacial score (nSPS) is 24.4. The summed E-state index contributed by atoms with van der Waals surface area (Å²) in [5, 5.41) is 3.58. The zero-order chi connectivity index (χ0) is 11.2. The van der Waals surface area contributed by atoms with Crippen molar-refractivity contribution in [3.8, 4) is 0 Å². The Morgan fingerprint density at radius 3 is 2.38 bits per heavy atom. The van der Waals surface area contributed by atoms with Gasteiger partial charge in [-0.15, -0.1) is 0 Å². The maximum atomic E-state index is 3.58. The minimum Gasteiger partial charge on any atom is -0.314 e. The molecule has 92 valence electrons. The molecule has 0 atom stereocenters. The quantitative estimate of drug-likeness (QED) is 0.419. The lowest BCUT2D eigenvalue weighted by Gasteiger charge is -2.14. The van der Waals surface area contributed by atoms with Crippen LogP contribution in [0, 0.1) is 5.92 Å². The molecule has 0 aliphatic heterocycles. The van der Waals surface area contributed by atoms with Crippen LogP contribution in [-0.2, 0) is 0 Å². The molecular formula is C15H27N. The standard InChI is InChI=1S/C15H27N/c1-13(7-6-12-16-15-10-11-15)14-8-4-2-3-5-9-14/h7,14-16H,2-6,8-12H2,1H3. The lowest BCUT2D eigenvalue weighted by molar-refractivity contribution is 0.527. The Hall–Kier alpha value is -0.300. The molecule has 2 aliphatic rings. The van der Waals surface area contributed by atoms with Crippen LogP contribution in [0.5, 0.6) is 0 Å². The van der Waals surface area contributed by atoms with Crippen molar-refractivity contribution >= 4 is 0 Å². The Bertz CT molecular complexity index is 220. The number of hydrogen-bond acceptors (Lipinski definition) is 1. The number of allylic oxidation sites excluding steroid dienone is 1. The number of nitrogens with one attached hydrogen (secondary N) is 1. The molecule has 0 bridgehead atoms. The molecule has 16 heavy (non-hydrogen) atoms. The molecule has 2 fully saturated rings. The highest BCUT2D eigenvalue weighted by Crippen LogP contribution is 2.28. The molecule has 0 spiro atoms. The summed E-state index contributed by atoms with van der Waals surface area (Å²) in [5.41, 5.74) is 1.67. The maximum absolute atomic E-state index is 3.58. The van der Waals surface area contributed by atoms with Gasteiger partial charge in [0, 0.05) is 6.04 Å². The number of hydrogen-bond donors (Lipinski definition) is 1. The first kappa shape index (κ1) is 12.2. The van der Waals surface area contributed by atoms with E-state index >= 15 is 0 Å². The van der Waals surface area contributed by atoms with Gasteiger partial charge in [0.15, 0.2) is 0 Å². The van der Waals surface area contributed by atoms with Crippen LogP contribution in [0.25, 0.3) is 0 Å². The van der Waals surface area contributed by atoms with E-state index < -0.39 is 0 Å². The molecule has 0 aromatic carbocycles. The first-order chi connectivity index (χ1) is 7.86. The lowest BCUT2D eigenvalue weighted by atomic mass is 9.92.